The van der Waals surface area contributed by atoms with E-state index in [-0.39, 0.29) is 17.4 Å². The SMILES string of the molecule is CC(C)C(N)CCN(C)C(=O)CC(C)C(C)(C)C. The second-order valence-corrected chi connectivity index (χ2v) is 6.98. The highest BCUT2D eigenvalue weighted by Gasteiger charge is 2.24. The van der Waals surface area contributed by atoms with E-state index < -0.39 is 0 Å². The molecule has 18 heavy (non-hydrogen) atoms. The van der Waals surface area contributed by atoms with Gasteiger partial charge in [-0.25, -0.2) is 0 Å². The number of nitrogens with two attached hydrogens (primary N) is 1. The lowest BCUT2D eigenvalue weighted by Crippen LogP contribution is -2.36. The molecule has 0 aliphatic heterocycles. The third-order valence-electron chi connectivity index (χ3n) is 4.04. The first kappa shape index (κ1) is 17.4. The predicted molar refractivity (Wildman–Crippen MR) is 78.3 cm³/mol. The van der Waals surface area contributed by atoms with Crippen LogP contribution in [0, 0.1) is 17.3 Å². The molecule has 0 aromatic carbocycles. The Kier molecular flexibility index (Phi) is 6.90. The molecule has 2 atom stereocenters. The van der Waals surface area contributed by atoms with E-state index in [1.54, 1.807) is 0 Å². The average Bonchev–Trinajstić information content (AvgIpc) is 2.23. The summed E-state index contributed by atoms with van der Waals surface area (Å²) in [5.74, 6) is 1.10. The van der Waals surface area contributed by atoms with Crippen molar-refractivity contribution in [1.82, 2.24) is 4.90 Å². The molecule has 0 rings (SSSR count). The largest absolute Gasteiger partial charge is 0.346 e. The Bertz CT molecular complexity index is 256. The average molecular weight is 256 g/mol. The third-order valence-corrected chi connectivity index (χ3v) is 4.04. The lowest BCUT2D eigenvalue weighted by atomic mass is 9.80. The number of hydrogen-bond acceptors (Lipinski definition) is 2. The molecule has 0 aromatic heterocycles. The fourth-order valence-electron chi connectivity index (χ4n) is 1.52. The van der Waals surface area contributed by atoms with Crippen molar-refractivity contribution in [2.24, 2.45) is 23.0 Å². The summed E-state index contributed by atoms with van der Waals surface area (Å²) >= 11 is 0. The predicted octanol–water partition coefficient (Wildman–Crippen LogP) is 2.89. The van der Waals surface area contributed by atoms with Crippen LogP contribution in [-0.4, -0.2) is 30.4 Å². The lowest BCUT2D eigenvalue weighted by molar-refractivity contribution is -0.131. The van der Waals surface area contributed by atoms with E-state index in [1.165, 1.54) is 0 Å². The summed E-state index contributed by atoms with van der Waals surface area (Å²) in [7, 11) is 1.88. The molecule has 0 aliphatic carbocycles. The van der Waals surface area contributed by atoms with Gasteiger partial charge in [-0.2, -0.15) is 0 Å². The van der Waals surface area contributed by atoms with Gasteiger partial charge in [0.1, 0.15) is 0 Å². The van der Waals surface area contributed by atoms with E-state index in [0.29, 0.717) is 18.3 Å². The molecule has 108 valence electrons. The molecule has 0 spiro atoms. The van der Waals surface area contributed by atoms with Crippen LogP contribution in [0.25, 0.3) is 0 Å². The smallest absolute Gasteiger partial charge is 0.222 e. The molecule has 0 saturated carbocycles. The van der Waals surface area contributed by atoms with Crippen molar-refractivity contribution in [3.8, 4) is 0 Å². The van der Waals surface area contributed by atoms with Crippen LogP contribution in [0.15, 0.2) is 0 Å². The van der Waals surface area contributed by atoms with E-state index >= 15 is 0 Å². The zero-order valence-corrected chi connectivity index (χ0v) is 13.3. The summed E-state index contributed by atoms with van der Waals surface area (Å²) in [6, 6.07) is 0.181. The number of rotatable bonds is 6. The lowest BCUT2D eigenvalue weighted by Gasteiger charge is -2.29. The third kappa shape index (κ3) is 6.39. The zero-order valence-electron chi connectivity index (χ0n) is 13.3. The zero-order chi connectivity index (χ0) is 14.5. The van der Waals surface area contributed by atoms with E-state index in [4.69, 9.17) is 5.73 Å². The molecule has 1 amide bonds. The maximum Gasteiger partial charge on any atom is 0.222 e. The number of carbonyl (C=O) groups excluding carboxylic acids is 1. The molecule has 0 heterocycles. The van der Waals surface area contributed by atoms with Crippen molar-refractivity contribution in [3.05, 3.63) is 0 Å². The van der Waals surface area contributed by atoms with Crippen LogP contribution in [-0.2, 0) is 4.79 Å². The van der Waals surface area contributed by atoms with Gasteiger partial charge in [0.2, 0.25) is 5.91 Å². The van der Waals surface area contributed by atoms with Crippen molar-refractivity contribution in [1.29, 1.82) is 0 Å². The molecule has 0 saturated heterocycles. The van der Waals surface area contributed by atoms with Crippen molar-refractivity contribution in [3.63, 3.8) is 0 Å². The van der Waals surface area contributed by atoms with Gasteiger partial charge in [-0.3, -0.25) is 4.79 Å². The topological polar surface area (TPSA) is 46.3 Å². The quantitative estimate of drug-likeness (QED) is 0.794. The van der Waals surface area contributed by atoms with E-state index in [9.17, 15) is 4.79 Å². The van der Waals surface area contributed by atoms with Gasteiger partial charge in [0.05, 0.1) is 0 Å². The summed E-state index contributed by atoms with van der Waals surface area (Å²) in [6.07, 6.45) is 1.50. The Morgan fingerprint density at radius 2 is 1.72 bits per heavy atom. The van der Waals surface area contributed by atoms with E-state index in [2.05, 4.69) is 41.5 Å². The monoisotopic (exact) mass is 256 g/mol. The van der Waals surface area contributed by atoms with Crippen LogP contribution in [0.1, 0.15) is 54.4 Å². The molecule has 0 aliphatic rings. The normalized spacial score (nSPS) is 15.6. The standard InChI is InChI=1S/C15H32N2O/c1-11(2)13(16)8-9-17(7)14(18)10-12(3)15(4,5)6/h11-13H,8-10,16H2,1-7H3. The van der Waals surface area contributed by atoms with Crippen molar-refractivity contribution in [2.75, 3.05) is 13.6 Å². The van der Waals surface area contributed by atoms with Gasteiger partial charge >= 0.3 is 0 Å². The van der Waals surface area contributed by atoms with Crippen LogP contribution in [0.3, 0.4) is 0 Å². The van der Waals surface area contributed by atoms with Crippen LogP contribution < -0.4 is 5.73 Å². The fourth-order valence-corrected chi connectivity index (χ4v) is 1.52. The second-order valence-electron chi connectivity index (χ2n) is 6.98. The summed E-state index contributed by atoms with van der Waals surface area (Å²) < 4.78 is 0. The van der Waals surface area contributed by atoms with Gasteiger partial charge in [-0.05, 0) is 23.7 Å². The van der Waals surface area contributed by atoms with Gasteiger partial charge in [-0.1, -0.05) is 41.5 Å². The first-order valence-corrected chi connectivity index (χ1v) is 7.05. The van der Waals surface area contributed by atoms with Gasteiger partial charge in [0, 0.05) is 26.1 Å². The molecule has 0 fully saturated rings. The molecule has 0 aromatic rings. The molecular formula is C15H32N2O. The molecule has 2 N–H and O–H groups in total. The van der Waals surface area contributed by atoms with Crippen LogP contribution in [0.5, 0.6) is 0 Å². The minimum Gasteiger partial charge on any atom is -0.346 e. The number of nitrogens with zero attached hydrogens (tertiary/aromatic N) is 1. The summed E-state index contributed by atoms with van der Waals surface area (Å²) in [4.78, 5) is 13.9. The second kappa shape index (κ2) is 7.13. The van der Waals surface area contributed by atoms with E-state index in [1.807, 2.05) is 11.9 Å². The summed E-state index contributed by atoms with van der Waals surface area (Å²) in [5.41, 5.74) is 6.18. The minimum atomic E-state index is 0.181. The molecular weight excluding hydrogens is 224 g/mol. The first-order valence-electron chi connectivity index (χ1n) is 7.05. The Morgan fingerprint density at radius 1 is 1.22 bits per heavy atom. The number of hydrogen-bond donors (Lipinski definition) is 1. The highest BCUT2D eigenvalue weighted by molar-refractivity contribution is 5.76. The maximum absolute atomic E-state index is 12.1. The van der Waals surface area contributed by atoms with Crippen molar-refractivity contribution in [2.45, 2.75) is 60.4 Å². The molecule has 0 bridgehead atoms. The van der Waals surface area contributed by atoms with Crippen molar-refractivity contribution >= 4 is 5.91 Å². The Hall–Kier alpha value is -0.570. The Balaban J connectivity index is 4.12. The first-order chi connectivity index (χ1) is 8.05. The minimum absolute atomic E-state index is 0.181. The molecule has 3 nitrogen and oxygen atoms in total. The van der Waals surface area contributed by atoms with Gasteiger partial charge in [0.15, 0.2) is 0 Å². The van der Waals surface area contributed by atoms with Crippen LogP contribution >= 0.6 is 0 Å². The number of carbonyl (C=O) groups is 1. The van der Waals surface area contributed by atoms with Crippen LogP contribution in [0.4, 0.5) is 0 Å². The van der Waals surface area contributed by atoms with Gasteiger partial charge < -0.3 is 10.6 Å². The van der Waals surface area contributed by atoms with E-state index in [0.717, 1.165) is 13.0 Å². The highest BCUT2D eigenvalue weighted by atomic mass is 16.2. The Labute approximate surface area is 113 Å². The number of amides is 1. The highest BCUT2D eigenvalue weighted by Crippen LogP contribution is 2.28. The van der Waals surface area contributed by atoms with Crippen molar-refractivity contribution < 1.29 is 4.79 Å². The Morgan fingerprint density at radius 3 is 2.11 bits per heavy atom. The van der Waals surface area contributed by atoms with Crippen LogP contribution in [0.2, 0.25) is 0 Å². The molecule has 0 radical (unpaired) electrons. The maximum atomic E-state index is 12.1. The van der Waals surface area contributed by atoms with Gasteiger partial charge in [0.25, 0.3) is 0 Å². The molecule has 2 unspecified atom stereocenters. The fraction of sp³-hybridized carbons (Fsp3) is 0.933. The summed E-state index contributed by atoms with van der Waals surface area (Å²) in [6.45, 7) is 13.7. The van der Waals surface area contributed by atoms with Gasteiger partial charge in [-0.15, -0.1) is 0 Å². The molecule has 3 heteroatoms. The summed E-state index contributed by atoms with van der Waals surface area (Å²) in [5, 5.41) is 0.